The van der Waals surface area contributed by atoms with Gasteiger partial charge < -0.3 is 16.0 Å². The van der Waals surface area contributed by atoms with E-state index in [1.54, 1.807) is 0 Å². The maximum absolute atomic E-state index is 12.9. The van der Waals surface area contributed by atoms with Crippen LogP contribution in [0, 0.1) is 0 Å². The van der Waals surface area contributed by atoms with Crippen molar-refractivity contribution < 1.29 is 4.79 Å². The number of nitrogens with zero attached hydrogens (tertiary/aromatic N) is 3. The van der Waals surface area contributed by atoms with Gasteiger partial charge in [-0.1, -0.05) is 31.9 Å². The van der Waals surface area contributed by atoms with Crippen molar-refractivity contribution in [1.82, 2.24) is 9.13 Å². The molecule has 0 aliphatic carbocycles. The Morgan fingerprint density at radius 3 is 2.43 bits per heavy atom. The van der Waals surface area contributed by atoms with E-state index in [1.807, 2.05) is 31.2 Å². The molecule has 0 atom stereocenters. The van der Waals surface area contributed by atoms with Crippen molar-refractivity contribution >= 4 is 23.0 Å². The average Bonchev–Trinajstić information content (AvgIpc) is 3.03. The predicted molar refractivity (Wildman–Crippen MR) is 121 cm³/mol. The molecule has 2 heterocycles. The lowest BCUT2D eigenvalue weighted by molar-refractivity contribution is 0.100. The third-order valence-electron chi connectivity index (χ3n) is 5.60. The summed E-state index contributed by atoms with van der Waals surface area (Å²) in [6.45, 7) is 4.16. The number of ketones is 1. The molecule has 8 heteroatoms. The molecule has 0 unspecified atom stereocenters. The molecule has 1 aromatic heterocycles. The minimum atomic E-state index is -0.655. The van der Waals surface area contributed by atoms with Gasteiger partial charge in [0.05, 0.1) is 17.9 Å². The highest BCUT2D eigenvalue weighted by Crippen LogP contribution is 2.28. The Hall–Kier alpha value is -3.03. The van der Waals surface area contributed by atoms with Crippen molar-refractivity contribution in [2.45, 2.75) is 45.6 Å². The Kier molecular flexibility index (Phi) is 6.97. The van der Waals surface area contributed by atoms with Crippen molar-refractivity contribution in [3.8, 4) is 0 Å². The van der Waals surface area contributed by atoms with E-state index in [0.29, 0.717) is 13.0 Å². The molecule has 0 saturated carbocycles. The molecule has 3 rings (SSSR count). The number of carbonyl (C=O) groups is 1. The quantitative estimate of drug-likeness (QED) is 0.675. The SMILES string of the molecule is CCCn1c(N)c(C(=O)CNc2ccccc2N2CCCCCC2)c(=O)n(C)c1=O. The second-order valence-corrected chi connectivity index (χ2v) is 7.75. The van der Waals surface area contributed by atoms with Crippen molar-refractivity contribution in [2.24, 2.45) is 7.05 Å². The van der Waals surface area contributed by atoms with Gasteiger partial charge in [-0.05, 0) is 31.4 Å². The standard InChI is InChI=1S/C22H31N5O3/c1-3-12-27-20(23)19(21(29)25(2)22(27)30)18(28)15-24-16-10-6-7-11-17(16)26-13-8-4-5-9-14-26/h6-7,10-11,24H,3-5,8-9,12-15,23H2,1-2H3. The molecule has 0 amide bonds. The van der Waals surface area contributed by atoms with E-state index >= 15 is 0 Å². The Balaban J connectivity index is 1.85. The van der Waals surface area contributed by atoms with E-state index in [9.17, 15) is 14.4 Å². The molecule has 1 fully saturated rings. The maximum atomic E-state index is 12.9. The van der Waals surface area contributed by atoms with Crippen LogP contribution in [-0.4, -0.2) is 34.6 Å². The van der Waals surface area contributed by atoms with Crippen LogP contribution < -0.4 is 27.2 Å². The lowest BCUT2D eigenvalue weighted by Crippen LogP contribution is -2.43. The van der Waals surface area contributed by atoms with Crippen LogP contribution >= 0.6 is 0 Å². The van der Waals surface area contributed by atoms with Gasteiger partial charge >= 0.3 is 5.69 Å². The highest BCUT2D eigenvalue weighted by Gasteiger charge is 2.21. The van der Waals surface area contributed by atoms with Crippen LogP contribution in [0.25, 0.3) is 0 Å². The summed E-state index contributed by atoms with van der Waals surface area (Å²) in [6, 6.07) is 7.89. The van der Waals surface area contributed by atoms with Gasteiger partial charge in [-0.25, -0.2) is 4.79 Å². The summed E-state index contributed by atoms with van der Waals surface area (Å²) in [7, 11) is 1.37. The minimum Gasteiger partial charge on any atom is -0.384 e. The fourth-order valence-electron chi connectivity index (χ4n) is 3.96. The van der Waals surface area contributed by atoms with Gasteiger partial charge in [0.2, 0.25) is 0 Å². The number of rotatable bonds is 7. The van der Waals surface area contributed by atoms with E-state index in [2.05, 4.69) is 10.2 Å². The second kappa shape index (κ2) is 9.65. The highest BCUT2D eigenvalue weighted by atomic mass is 16.2. The average molecular weight is 414 g/mol. The fraction of sp³-hybridized carbons (Fsp3) is 0.500. The summed E-state index contributed by atoms with van der Waals surface area (Å²) in [6.07, 6.45) is 5.44. The molecule has 3 N–H and O–H groups in total. The summed E-state index contributed by atoms with van der Waals surface area (Å²) < 4.78 is 2.24. The summed E-state index contributed by atoms with van der Waals surface area (Å²) in [5, 5.41) is 3.19. The molecule has 2 aromatic rings. The topological polar surface area (TPSA) is 102 Å². The van der Waals surface area contributed by atoms with Crippen LogP contribution in [0.4, 0.5) is 17.2 Å². The van der Waals surface area contributed by atoms with E-state index in [0.717, 1.165) is 41.9 Å². The largest absolute Gasteiger partial charge is 0.384 e. The van der Waals surface area contributed by atoms with E-state index in [-0.39, 0.29) is 17.9 Å². The van der Waals surface area contributed by atoms with Crippen LogP contribution in [0.3, 0.4) is 0 Å². The van der Waals surface area contributed by atoms with E-state index in [4.69, 9.17) is 5.73 Å². The van der Waals surface area contributed by atoms with Crippen LogP contribution in [0.15, 0.2) is 33.9 Å². The van der Waals surface area contributed by atoms with E-state index < -0.39 is 17.0 Å². The third kappa shape index (κ3) is 4.42. The number of hydrogen-bond acceptors (Lipinski definition) is 6. The summed E-state index contributed by atoms with van der Waals surface area (Å²) in [5.74, 6) is -0.485. The number of hydrogen-bond donors (Lipinski definition) is 2. The zero-order valence-electron chi connectivity index (χ0n) is 17.8. The fourth-order valence-corrected chi connectivity index (χ4v) is 3.96. The van der Waals surface area contributed by atoms with Gasteiger partial charge in [-0.15, -0.1) is 0 Å². The molecule has 0 bridgehead atoms. The molecule has 1 aromatic carbocycles. The van der Waals surface area contributed by atoms with Crippen molar-refractivity contribution in [3.63, 3.8) is 0 Å². The van der Waals surface area contributed by atoms with Gasteiger partial charge in [0.15, 0.2) is 5.78 Å². The number of carbonyl (C=O) groups excluding carboxylic acids is 1. The first-order valence-corrected chi connectivity index (χ1v) is 10.7. The Labute approximate surface area is 176 Å². The molecule has 1 aliphatic heterocycles. The normalized spacial score (nSPS) is 14.4. The Morgan fingerprint density at radius 2 is 1.77 bits per heavy atom. The van der Waals surface area contributed by atoms with Gasteiger partial charge in [-0.2, -0.15) is 0 Å². The van der Waals surface area contributed by atoms with Gasteiger partial charge in [-0.3, -0.25) is 18.7 Å². The van der Waals surface area contributed by atoms with E-state index in [1.165, 1.54) is 24.5 Å². The smallest absolute Gasteiger partial charge is 0.332 e. The predicted octanol–water partition coefficient (Wildman–Crippen LogP) is 2.21. The Bertz CT molecular complexity index is 1020. The summed E-state index contributed by atoms with van der Waals surface area (Å²) in [5.41, 5.74) is 6.68. The maximum Gasteiger partial charge on any atom is 0.332 e. The molecule has 30 heavy (non-hydrogen) atoms. The number of aromatic nitrogens is 2. The third-order valence-corrected chi connectivity index (χ3v) is 5.60. The monoisotopic (exact) mass is 413 g/mol. The first-order valence-electron chi connectivity index (χ1n) is 10.7. The molecule has 1 saturated heterocycles. The number of anilines is 3. The van der Waals surface area contributed by atoms with Crippen molar-refractivity contribution in [3.05, 3.63) is 50.7 Å². The number of para-hydroxylation sites is 2. The second-order valence-electron chi connectivity index (χ2n) is 7.75. The molecule has 162 valence electrons. The lowest BCUT2D eigenvalue weighted by atomic mass is 10.1. The number of nitrogens with one attached hydrogen (secondary N) is 1. The van der Waals surface area contributed by atoms with Crippen LogP contribution in [-0.2, 0) is 13.6 Å². The number of nitrogen functional groups attached to an aromatic ring is 1. The minimum absolute atomic E-state index is 0.0578. The van der Waals surface area contributed by atoms with Crippen LogP contribution in [0.1, 0.15) is 49.4 Å². The molecular weight excluding hydrogens is 382 g/mol. The van der Waals surface area contributed by atoms with Crippen molar-refractivity contribution in [1.29, 1.82) is 0 Å². The molecule has 1 aliphatic rings. The first-order chi connectivity index (χ1) is 14.5. The van der Waals surface area contributed by atoms with Gasteiger partial charge in [0, 0.05) is 26.7 Å². The molecule has 8 nitrogen and oxygen atoms in total. The molecular formula is C22H31N5O3. The van der Waals surface area contributed by atoms with Crippen molar-refractivity contribution in [2.75, 3.05) is 35.6 Å². The number of benzene rings is 1. The first kappa shape index (κ1) is 21.7. The summed E-state index contributed by atoms with van der Waals surface area (Å²) >= 11 is 0. The van der Waals surface area contributed by atoms with Gasteiger partial charge in [0.1, 0.15) is 11.4 Å². The number of Topliss-reactive ketones (excluding diaryl/α,β-unsaturated/α-hetero) is 1. The number of nitrogens with two attached hydrogens (primary N) is 1. The zero-order chi connectivity index (χ0) is 21.7. The molecule has 0 spiro atoms. The van der Waals surface area contributed by atoms with Crippen LogP contribution in [0.2, 0.25) is 0 Å². The summed E-state index contributed by atoms with van der Waals surface area (Å²) in [4.78, 5) is 40.2. The molecule has 0 radical (unpaired) electrons. The lowest BCUT2D eigenvalue weighted by Gasteiger charge is -2.25. The zero-order valence-corrected chi connectivity index (χ0v) is 17.8. The highest BCUT2D eigenvalue weighted by molar-refractivity contribution is 6.02. The Morgan fingerprint density at radius 1 is 1.10 bits per heavy atom. The van der Waals surface area contributed by atoms with Gasteiger partial charge in [0.25, 0.3) is 5.56 Å². The van der Waals surface area contributed by atoms with Crippen LogP contribution in [0.5, 0.6) is 0 Å².